The second kappa shape index (κ2) is 9.26. The number of nitriles is 1. The number of hydrogen-bond donors (Lipinski definition) is 2. The highest BCUT2D eigenvalue weighted by atomic mass is 32.2. The van der Waals surface area contributed by atoms with Gasteiger partial charge in [0.15, 0.2) is 0 Å². The van der Waals surface area contributed by atoms with Crippen molar-refractivity contribution in [3.05, 3.63) is 70.5 Å². The Balaban J connectivity index is 1.75. The summed E-state index contributed by atoms with van der Waals surface area (Å²) in [5.41, 5.74) is 1.10. The van der Waals surface area contributed by atoms with Gasteiger partial charge in [-0.15, -0.1) is 0 Å². The number of anilines is 1. The van der Waals surface area contributed by atoms with Gasteiger partial charge in [0.2, 0.25) is 11.8 Å². The molecule has 2 N–H and O–H groups in total. The molecule has 148 valence electrons. The van der Waals surface area contributed by atoms with Crippen LogP contribution < -0.4 is 15.4 Å². The van der Waals surface area contributed by atoms with E-state index in [0.717, 1.165) is 11.8 Å². The number of hydrogen-bond acceptors (Lipinski definition) is 5. The zero-order valence-corrected chi connectivity index (χ0v) is 16.4. The molecule has 2 amide bonds. The number of carbonyl (C=O) groups is 2. The summed E-state index contributed by atoms with van der Waals surface area (Å²) in [6.07, 6.45) is -0.0239. The van der Waals surface area contributed by atoms with E-state index < -0.39 is 11.7 Å². The number of thioether (sulfide) groups is 1. The lowest BCUT2D eigenvalue weighted by Gasteiger charge is -2.25. The van der Waals surface area contributed by atoms with Crippen molar-refractivity contribution in [1.82, 2.24) is 5.32 Å². The molecule has 0 aromatic heterocycles. The SMILES string of the molecule is COc1cccc(NC(=O)CSC2=C(C#N)[C@H](c3ccccc3F)CC(=O)N2)c1. The maximum absolute atomic E-state index is 14.2. The van der Waals surface area contributed by atoms with Crippen LogP contribution in [0.4, 0.5) is 10.1 Å². The second-order valence-corrected chi connectivity index (χ2v) is 7.24. The molecule has 0 saturated carbocycles. The lowest BCUT2D eigenvalue weighted by atomic mass is 9.87. The summed E-state index contributed by atoms with van der Waals surface area (Å²) in [6, 6.07) is 15.1. The first-order valence-electron chi connectivity index (χ1n) is 8.77. The summed E-state index contributed by atoms with van der Waals surface area (Å²) in [5.74, 6) is -1.21. The lowest BCUT2D eigenvalue weighted by Crippen LogP contribution is -2.31. The molecular weight excluding hydrogens is 393 g/mol. The molecule has 29 heavy (non-hydrogen) atoms. The van der Waals surface area contributed by atoms with E-state index in [1.807, 2.05) is 0 Å². The number of ether oxygens (including phenoxy) is 1. The molecule has 0 fully saturated rings. The number of nitrogens with zero attached hydrogens (tertiary/aromatic N) is 1. The van der Waals surface area contributed by atoms with E-state index >= 15 is 0 Å². The maximum Gasteiger partial charge on any atom is 0.234 e. The Bertz CT molecular complexity index is 1020. The molecule has 2 aromatic carbocycles. The third kappa shape index (κ3) is 4.95. The predicted molar refractivity (Wildman–Crippen MR) is 109 cm³/mol. The van der Waals surface area contributed by atoms with Crippen LogP contribution in [0, 0.1) is 17.1 Å². The highest BCUT2D eigenvalue weighted by Gasteiger charge is 2.31. The van der Waals surface area contributed by atoms with Crippen molar-refractivity contribution >= 4 is 29.3 Å². The average Bonchev–Trinajstić information content (AvgIpc) is 2.72. The number of rotatable bonds is 6. The van der Waals surface area contributed by atoms with Crippen molar-refractivity contribution in [2.45, 2.75) is 12.3 Å². The fourth-order valence-electron chi connectivity index (χ4n) is 2.99. The Labute approximate surface area is 171 Å². The Morgan fingerprint density at radius 2 is 2.14 bits per heavy atom. The van der Waals surface area contributed by atoms with Gasteiger partial charge in [-0.25, -0.2) is 4.39 Å². The van der Waals surface area contributed by atoms with E-state index in [4.69, 9.17) is 4.74 Å². The summed E-state index contributed by atoms with van der Waals surface area (Å²) in [5, 5.41) is 15.3. The molecule has 0 aliphatic carbocycles. The largest absolute Gasteiger partial charge is 0.497 e. The summed E-state index contributed by atoms with van der Waals surface area (Å²) in [6.45, 7) is 0. The smallest absolute Gasteiger partial charge is 0.234 e. The van der Waals surface area contributed by atoms with E-state index in [1.54, 1.807) is 42.5 Å². The zero-order valence-electron chi connectivity index (χ0n) is 15.6. The minimum absolute atomic E-state index is 0.0239. The first-order valence-corrected chi connectivity index (χ1v) is 9.75. The number of allylic oxidation sites excluding steroid dienone is 1. The number of methoxy groups -OCH3 is 1. The van der Waals surface area contributed by atoms with Crippen LogP contribution in [0.15, 0.2) is 59.1 Å². The molecule has 1 atom stereocenters. The van der Waals surface area contributed by atoms with Crippen LogP contribution in [-0.4, -0.2) is 24.7 Å². The van der Waals surface area contributed by atoms with Crippen molar-refractivity contribution in [3.8, 4) is 11.8 Å². The molecule has 6 nitrogen and oxygen atoms in total. The van der Waals surface area contributed by atoms with Crippen LogP contribution in [0.5, 0.6) is 5.75 Å². The van der Waals surface area contributed by atoms with Crippen molar-refractivity contribution in [2.24, 2.45) is 0 Å². The van der Waals surface area contributed by atoms with Gasteiger partial charge in [0.05, 0.1) is 29.5 Å². The molecule has 3 rings (SSSR count). The quantitative estimate of drug-likeness (QED) is 0.759. The Hall–Kier alpha value is -3.31. The van der Waals surface area contributed by atoms with Crippen molar-refractivity contribution < 1.29 is 18.7 Å². The monoisotopic (exact) mass is 411 g/mol. The van der Waals surface area contributed by atoms with Crippen LogP contribution in [0.3, 0.4) is 0 Å². The fourth-order valence-corrected chi connectivity index (χ4v) is 3.87. The number of halogens is 1. The van der Waals surface area contributed by atoms with Crippen LogP contribution in [0.25, 0.3) is 0 Å². The average molecular weight is 411 g/mol. The van der Waals surface area contributed by atoms with Gasteiger partial charge >= 0.3 is 0 Å². The highest BCUT2D eigenvalue weighted by molar-refractivity contribution is 8.03. The van der Waals surface area contributed by atoms with Crippen LogP contribution >= 0.6 is 11.8 Å². The second-order valence-electron chi connectivity index (χ2n) is 6.25. The zero-order chi connectivity index (χ0) is 20.8. The van der Waals surface area contributed by atoms with Crippen molar-refractivity contribution in [1.29, 1.82) is 5.26 Å². The summed E-state index contributed by atoms with van der Waals surface area (Å²) >= 11 is 1.03. The Kier molecular flexibility index (Phi) is 6.52. The van der Waals surface area contributed by atoms with Crippen LogP contribution in [-0.2, 0) is 9.59 Å². The minimum atomic E-state index is -0.682. The maximum atomic E-state index is 14.2. The molecular formula is C21H18FN3O3S. The van der Waals surface area contributed by atoms with Gasteiger partial charge < -0.3 is 15.4 Å². The van der Waals surface area contributed by atoms with Gasteiger partial charge in [-0.1, -0.05) is 36.0 Å². The molecule has 0 spiro atoms. The molecule has 0 unspecified atom stereocenters. The topological polar surface area (TPSA) is 91.2 Å². The van der Waals surface area contributed by atoms with Crippen LogP contribution in [0.2, 0.25) is 0 Å². The Morgan fingerprint density at radius 3 is 2.86 bits per heavy atom. The highest BCUT2D eigenvalue weighted by Crippen LogP contribution is 2.36. The van der Waals surface area contributed by atoms with Gasteiger partial charge in [0, 0.05) is 24.1 Å². The molecule has 2 aromatic rings. The van der Waals surface area contributed by atoms with E-state index in [1.165, 1.54) is 13.2 Å². The van der Waals surface area contributed by atoms with E-state index in [9.17, 15) is 19.2 Å². The third-order valence-electron chi connectivity index (χ3n) is 4.34. The van der Waals surface area contributed by atoms with Crippen molar-refractivity contribution in [3.63, 3.8) is 0 Å². The Morgan fingerprint density at radius 1 is 1.34 bits per heavy atom. The first kappa shape index (κ1) is 20.4. The van der Waals surface area contributed by atoms with E-state index in [-0.39, 0.29) is 40.2 Å². The molecule has 0 bridgehead atoms. The molecule has 1 aliphatic rings. The third-order valence-corrected chi connectivity index (χ3v) is 5.35. The van der Waals surface area contributed by atoms with Crippen LogP contribution in [0.1, 0.15) is 17.9 Å². The molecule has 1 aliphatic heterocycles. The first-order chi connectivity index (χ1) is 14.0. The summed E-state index contributed by atoms with van der Waals surface area (Å²) in [7, 11) is 1.53. The summed E-state index contributed by atoms with van der Waals surface area (Å²) < 4.78 is 19.3. The number of nitrogens with one attached hydrogen (secondary N) is 2. The van der Waals surface area contributed by atoms with Crippen molar-refractivity contribution in [2.75, 3.05) is 18.2 Å². The van der Waals surface area contributed by atoms with Gasteiger partial charge in [-0.2, -0.15) is 5.26 Å². The molecule has 0 saturated heterocycles. The van der Waals surface area contributed by atoms with E-state index in [0.29, 0.717) is 11.4 Å². The molecule has 0 radical (unpaired) electrons. The van der Waals surface area contributed by atoms with Gasteiger partial charge in [-0.05, 0) is 23.8 Å². The van der Waals surface area contributed by atoms with Gasteiger partial charge in [-0.3, -0.25) is 9.59 Å². The predicted octanol–water partition coefficient (Wildman–Crippen LogP) is 3.54. The number of benzene rings is 2. The molecule has 8 heteroatoms. The van der Waals surface area contributed by atoms with E-state index in [2.05, 4.69) is 16.7 Å². The minimum Gasteiger partial charge on any atom is -0.497 e. The summed E-state index contributed by atoms with van der Waals surface area (Å²) in [4.78, 5) is 24.4. The molecule has 1 heterocycles. The van der Waals surface area contributed by atoms with Gasteiger partial charge in [0.25, 0.3) is 0 Å². The van der Waals surface area contributed by atoms with Gasteiger partial charge in [0.1, 0.15) is 11.6 Å². The normalized spacial score (nSPS) is 16.0. The fraction of sp³-hybridized carbons (Fsp3) is 0.190. The number of carbonyl (C=O) groups excluding carboxylic acids is 2. The standard InChI is InChI=1S/C21H18FN3O3S/c1-28-14-6-4-5-13(9-14)24-20(27)12-29-21-17(11-23)16(10-19(26)25-21)15-7-2-3-8-18(15)22/h2-9,16H,10,12H2,1H3,(H,24,27)(H,25,26)/t16-/m0/s1. The lowest BCUT2D eigenvalue weighted by molar-refractivity contribution is -0.121. The number of amides is 2.